The number of hydrogen-bond donors (Lipinski definition) is 0. The van der Waals surface area contributed by atoms with Gasteiger partial charge in [0.05, 0.1) is 9.21 Å². The predicted octanol–water partition coefficient (Wildman–Crippen LogP) is 3.73. The maximum absolute atomic E-state index is 12.9. The number of hydrogen-bond acceptors (Lipinski definition) is 5. The zero-order valence-electron chi connectivity index (χ0n) is 15.0. The van der Waals surface area contributed by atoms with Gasteiger partial charge in [-0.3, -0.25) is 4.79 Å². The van der Waals surface area contributed by atoms with Crippen LogP contribution in [0.4, 0.5) is 0 Å². The molecule has 0 aromatic carbocycles. The van der Waals surface area contributed by atoms with E-state index >= 15 is 0 Å². The number of aryl methyl sites for hydroxylation is 1. The number of sulfonamides is 1. The fraction of sp³-hybridized carbons (Fsp3) is 0.500. The first-order chi connectivity index (χ1) is 12.8. The summed E-state index contributed by atoms with van der Waals surface area (Å²) in [4.78, 5) is 16.8. The SMILES string of the molecule is CC1CCc2sc(C(=O)N3CCN(S(=O)(=O)c4ccc(Cl)s4)CC3)cc2C1. The second kappa shape index (κ2) is 7.48. The first kappa shape index (κ1) is 19.4. The Morgan fingerprint density at radius 3 is 2.59 bits per heavy atom. The number of carbonyl (C=O) groups is 1. The summed E-state index contributed by atoms with van der Waals surface area (Å²) in [6.07, 6.45) is 3.29. The average molecular weight is 445 g/mol. The van der Waals surface area contributed by atoms with Crippen LogP contribution in [0.3, 0.4) is 0 Å². The Labute approximate surface area is 172 Å². The van der Waals surface area contributed by atoms with E-state index in [0.717, 1.165) is 29.1 Å². The third kappa shape index (κ3) is 3.82. The Hall–Kier alpha value is -0.930. The smallest absolute Gasteiger partial charge is 0.264 e. The molecule has 1 aliphatic carbocycles. The maximum Gasteiger partial charge on any atom is 0.264 e. The van der Waals surface area contributed by atoms with Crippen LogP contribution in [0.15, 0.2) is 22.4 Å². The van der Waals surface area contributed by atoms with Crippen LogP contribution in [0, 0.1) is 5.92 Å². The summed E-state index contributed by atoms with van der Waals surface area (Å²) in [5.41, 5.74) is 1.32. The van der Waals surface area contributed by atoms with Gasteiger partial charge in [-0.05, 0) is 48.9 Å². The second-order valence-corrected chi connectivity index (χ2v) is 12.2. The summed E-state index contributed by atoms with van der Waals surface area (Å²) in [5.74, 6) is 0.702. The van der Waals surface area contributed by atoms with Crippen molar-refractivity contribution in [2.45, 2.75) is 30.4 Å². The zero-order chi connectivity index (χ0) is 19.2. The van der Waals surface area contributed by atoms with Crippen LogP contribution in [0.1, 0.15) is 33.5 Å². The van der Waals surface area contributed by atoms with E-state index in [9.17, 15) is 13.2 Å². The molecule has 0 bridgehead atoms. The van der Waals surface area contributed by atoms with Gasteiger partial charge in [0.1, 0.15) is 4.21 Å². The zero-order valence-corrected chi connectivity index (χ0v) is 18.2. The van der Waals surface area contributed by atoms with E-state index in [4.69, 9.17) is 11.6 Å². The molecule has 3 heterocycles. The third-order valence-corrected chi connectivity index (χ3v) is 10.0. The molecule has 0 saturated carbocycles. The Kier molecular flexibility index (Phi) is 5.37. The number of rotatable bonds is 3. The minimum Gasteiger partial charge on any atom is -0.335 e. The van der Waals surface area contributed by atoms with Crippen molar-refractivity contribution >= 4 is 50.2 Å². The van der Waals surface area contributed by atoms with Crippen LogP contribution in [0.5, 0.6) is 0 Å². The lowest BCUT2D eigenvalue weighted by Crippen LogP contribution is -2.50. The highest BCUT2D eigenvalue weighted by atomic mass is 35.5. The van der Waals surface area contributed by atoms with Gasteiger partial charge < -0.3 is 4.90 Å². The van der Waals surface area contributed by atoms with Gasteiger partial charge in [-0.25, -0.2) is 8.42 Å². The Morgan fingerprint density at radius 2 is 1.93 bits per heavy atom. The van der Waals surface area contributed by atoms with Crippen molar-refractivity contribution in [2.24, 2.45) is 5.92 Å². The Balaban J connectivity index is 1.43. The number of carbonyl (C=O) groups excluding carboxylic acids is 1. The van der Waals surface area contributed by atoms with Gasteiger partial charge in [0, 0.05) is 31.1 Å². The number of halogens is 1. The van der Waals surface area contributed by atoms with E-state index in [1.807, 2.05) is 0 Å². The van der Waals surface area contributed by atoms with Gasteiger partial charge in [0.2, 0.25) is 0 Å². The van der Waals surface area contributed by atoms with E-state index in [1.54, 1.807) is 22.3 Å². The molecule has 1 saturated heterocycles. The highest BCUT2D eigenvalue weighted by Crippen LogP contribution is 2.33. The molecule has 0 radical (unpaired) electrons. The van der Waals surface area contributed by atoms with Gasteiger partial charge >= 0.3 is 0 Å². The Morgan fingerprint density at radius 1 is 1.19 bits per heavy atom. The molecule has 4 rings (SSSR count). The topological polar surface area (TPSA) is 57.7 Å². The lowest BCUT2D eigenvalue weighted by Gasteiger charge is -2.33. The highest BCUT2D eigenvalue weighted by molar-refractivity contribution is 7.91. The minimum absolute atomic E-state index is 0.0262. The second-order valence-electron chi connectivity index (χ2n) is 7.16. The molecule has 2 aromatic heterocycles. The molecule has 2 aromatic rings. The molecular formula is C18H21ClN2O3S3. The van der Waals surface area contributed by atoms with E-state index in [0.29, 0.717) is 36.4 Å². The molecule has 0 N–H and O–H groups in total. The molecule has 1 aliphatic heterocycles. The quantitative estimate of drug-likeness (QED) is 0.724. The number of nitrogens with zero attached hydrogens (tertiary/aromatic N) is 2. The number of piperazine rings is 1. The van der Waals surface area contributed by atoms with Crippen molar-refractivity contribution in [3.05, 3.63) is 37.9 Å². The summed E-state index contributed by atoms with van der Waals surface area (Å²) in [6, 6.07) is 5.18. The molecule has 1 fully saturated rings. The van der Waals surface area contributed by atoms with Crippen LogP contribution in [-0.4, -0.2) is 49.7 Å². The molecule has 146 valence electrons. The molecule has 0 spiro atoms. The van der Waals surface area contributed by atoms with Crippen molar-refractivity contribution < 1.29 is 13.2 Å². The number of amides is 1. The third-order valence-electron chi connectivity index (χ3n) is 5.21. The van der Waals surface area contributed by atoms with Crippen LogP contribution < -0.4 is 0 Å². The van der Waals surface area contributed by atoms with Crippen molar-refractivity contribution in [2.75, 3.05) is 26.2 Å². The summed E-state index contributed by atoms with van der Waals surface area (Å²) in [7, 11) is -3.53. The van der Waals surface area contributed by atoms with Gasteiger partial charge in [0.15, 0.2) is 0 Å². The number of fused-ring (bicyclic) bond motifs is 1. The predicted molar refractivity (Wildman–Crippen MR) is 109 cm³/mol. The largest absolute Gasteiger partial charge is 0.335 e. The molecular weight excluding hydrogens is 424 g/mol. The van der Waals surface area contributed by atoms with Gasteiger partial charge in [-0.2, -0.15) is 4.31 Å². The fourth-order valence-corrected chi connectivity index (χ4v) is 7.90. The maximum atomic E-state index is 12.9. The standard InChI is InChI=1S/C18H21ClN2O3S3/c1-12-2-3-14-13(10-12)11-15(25-14)18(22)20-6-8-21(9-7-20)27(23,24)17-5-4-16(19)26-17/h4-5,11-12H,2-3,6-10H2,1H3. The highest BCUT2D eigenvalue weighted by Gasteiger charge is 2.32. The first-order valence-corrected chi connectivity index (χ1v) is 12.5. The van der Waals surface area contributed by atoms with E-state index in [-0.39, 0.29) is 10.1 Å². The van der Waals surface area contributed by atoms with Gasteiger partial charge in [-0.1, -0.05) is 18.5 Å². The summed E-state index contributed by atoms with van der Waals surface area (Å²) >= 11 is 8.55. The van der Waals surface area contributed by atoms with E-state index < -0.39 is 10.0 Å². The molecule has 9 heteroatoms. The summed E-state index contributed by atoms with van der Waals surface area (Å²) < 4.78 is 27.5. The summed E-state index contributed by atoms with van der Waals surface area (Å²) in [5, 5.41) is 0. The molecule has 1 atom stereocenters. The number of thiophene rings is 2. The molecule has 27 heavy (non-hydrogen) atoms. The van der Waals surface area contributed by atoms with Crippen molar-refractivity contribution in [1.82, 2.24) is 9.21 Å². The Bertz CT molecular complexity index is 958. The molecule has 5 nitrogen and oxygen atoms in total. The van der Waals surface area contributed by atoms with Gasteiger partial charge in [-0.15, -0.1) is 22.7 Å². The molecule has 2 aliphatic rings. The van der Waals surface area contributed by atoms with Crippen LogP contribution in [-0.2, 0) is 22.9 Å². The van der Waals surface area contributed by atoms with E-state index in [1.165, 1.54) is 27.2 Å². The minimum atomic E-state index is -3.53. The van der Waals surface area contributed by atoms with Crippen LogP contribution in [0.25, 0.3) is 0 Å². The lowest BCUT2D eigenvalue weighted by atomic mass is 9.90. The molecule has 1 amide bonds. The monoisotopic (exact) mass is 444 g/mol. The normalized spacial score (nSPS) is 21.3. The fourth-order valence-electron chi connectivity index (χ4n) is 3.66. The lowest BCUT2D eigenvalue weighted by molar-refractivity contribution is 0.0703. The van der Waals surface area contributed by atoms with Gasteiger partial charge in [0.25, 0.3) is 15.9 Å². The van der Waals surface area contributed by atoms with E-state index in [2.05, 4.69) is 13.0 Å². The van der Waals surface area contributed by atoms with Crippen molar-refractivity contribution in [3.8, 4) is 0 Å². The first-order valence-electron chi connectivity index (χ1n) is 9.01. The van der Waals surface area contributed by atoms with Crippen LogP contribution >= 0.6 is 34.3 Å². The van der Waals surface area contributed by atoms with Crippen LogP contribution in [0.2, 0.25) is 4.34 Å². The average Bonchev–Trinajstić information content (AvgIpc) is 3.27. The summed E-state index contributed by atoms with van der Waals surface area (Å²) in [6.45, 7) is 3.70. The van der Waals surface area contributed by atoms with Crippen molar-refractivity contribution in [3.63, 3.8) is 0 Å². The molecule has 1 unspecified atom stereocenters. The van der Waals surface area contributed by atoms with Crippen molar-refractivity contribution in [1.29, 1.82) is 0 Å².